The minimum Gasteiger partial charge on any atom is -0.211 e. The molecule has 2 nitrogen and oxygen atoms in total. The Bertz CT molecular complexity index is 434. The van der Waals surface area contributed by atoms with E-state index in [0.717, 1.165) is 11.1 Å². The number of allylic oxidation sites excluding steroid dienone is 4. The summed E-state index contributed by atoms with van der Waals surface area (Å²) >= 11 is 0. The second kappa shape index (κ2) is 5.53. The number of isocyanates is 1. The second-order valence-electron chi connectivity index (χ2n) is 2.81. The molecule has 0 aliphatic carbocycles. The van der Waals surface area contributed by atoms with Gasteiger partial charge in [-0.3, -0.25) is 0 Å². The third-order valence-corrected chi connectivity index (χ3v) is 1.89. The lowest BCUT2D eigenvalue weighted by molar-refractivity contribution is 0.565. The highest BCUT2D eigenvalue weighted by molar-refractivity contribution is 5.75. The molecule has 0 aliphatic heterocycles. The highest BCUT2D eigenvalue weighted by Gasteiger charge is 1.96. The van der Waals surface area contributed by atoms with E-state index in [0.29, 0.717) is 5.69 Å². The van der Waals surface area contributed by atoms with Crippen LogP contribution in [0.4, 0.5) is 5.69 Å². The predicted octanol–water partition coefficient (Wildman–Crippen LogP) is 3.41. The summed E-state index contributed by atoms with van der Waals surface area (Å²) in [7, 11) is 0. The smallest absolute Gasteiger partial charge is 0.211 e. The molecule has 0 heterocycles. The Hall–Kier alpha value is -2.18. The van der Waals surface area contributed by atoms with Crippen LogP contribution >= 0.6 is 0 Å². The molecule has 0 bridgehead atoms. The van der Waals surface area contributed by atoms with Gasteiger partial charge < -0.3 is 0 Å². The number of hydrogen-bond donors (Lipinski definition) is 0. The summed E-state index contributed by atoms with van der Waals surface area (Å²) in [5.41, 5.74) is 2.58. The molecule has 0 radical (unpaired) electrons. The first-order valence-corrected chi connectivity index (χ1v) is 4.45. The number of carbonyl (C=O) groups excluding carboxylic acids is 1. The number of nitrogens with zero attached hydrogens (tertiary/aromatic N) is 1. The van der Waals surface area contributed by atoms with Gasteiger partial charge in [-0.25, -0.2) is 4.79 Å². The molecule has 0 fully saturated rings. The van der Waals surface area contributed by atoms with E-state index in [1.807, 2.05) is 18.2 Å². The van der Waals surface area contributed by atoms with Crippen LogP contribution in [-0.2, 0) is 4.79 Å². The van der Waals surface area contributed by atoms with Gasteiger partial charge in [0.25, 0.3) is 0 Å². The fraction of sp³-hybridized carbons (Fsp3) is 0. The molecule has 15 heavy (non-hydrogen) atoms. The van der Waals surface area contributed by atoms with Crippen molar-refractivity contribution in [3.05, 3.63) is 61.2 Å². The summed E-state index contributed by atoms with van der Waals surface area (Å²) in [6, 6.07) is 7.24. The number of rotatable bonds is 4. The number of hydrogen-bond acceptors (Lipinski definition) is 2. The lowest BCUT2D eigenvalue weighted by Crippen LogP contribution is -1.78. The maximum absolute atomic E-state index is 10.0. The molecule has 0 saturated carbocycles. The van der Waals surface area contributed by atoms with Gasteiger partial charge in [-0.1, -0.05) is 43.5 Å². The molecule has 1 aromatic carbocycles. The molecule has 74 valence electrons. The average molecular weight is 197 g/mol. The predicted molar refractivity (Wildman–Crippen MR) is 62.6 cm³/mol. The Morgan fingerprint density at radius 2 is 1.93 bits per heavy atom. The molecule has 0 saturated heterocycles. The van der Waals surface area contributed by atoms with E-state index in [4.69, 9.17) is 0 Å². The lowest BCUT2D eigenvalue weighted by atomic mass is 10.1. The fourth-order valence-electron chi connectivity index (χ4n) is 1.19. The number of aliphatic imine (C=N–C) groups is 1. The SMILES string of the molecule is C=C/C=C(\C=C)c1ccc(N=C=O)cc1. The molecule has 0 aromatic heterocycles. The first-order chi connectivity index (χ1) is 7.31. The van der Waals surface area contributed by atoms with Crippen LogP contribution in [0.15, 0.2) is 60.6 Å². The number of benzene rings is 1. The molecule has 1 rings (SSSR count). The molecule has 0 amide bonds. The van der Waals surface area contributed by atoms with E-state index in [1.165, 1.54) is 6.08 Å². The van der Waals surface area contributed by atoms with E-state index in [9.17, 15) is 4.79 Å². The minimum atomic E-state index is 0.593. The zero-order valence-corrected chi connectivity index (χ0v) is 8.31. The quantitative estimate of drug-likeness (QED) is 0.413. The van der Waals surface area contributed by atoms with Gasteiger partial charge in [-0.15, -0.1) is 0 Å². The van der Waals surface area contributed by atoms with Crippen molar-refractivity contribution in [3.63, 3.8) is 0 Å². The third kappa shape index (κ3) is 2.90. The highest BCUT2D eigenvalue weighted by atomic mass is 16.1. The lowest BCUT2D eigenvalue weighted by Gasteiger charge is -2.00. The van der Waals surface area contributed by atoms with Crippen LogP contribution in [0.25, 0.3) is 5.57 Å². The largest absolute Gasteiger partial charge is 0.240 e. The van der Waals surface area contributed by atoms with Crippen molar-refractivity contribution < 1.29 is 4.79 Å². The van der Waals surface area contributed by atoms with Gasteiger partial charge in [0.15, 0.2) is 0 Å². The summed E-state index contributed by atoms with van der Waals surface area (Å²) in [5, 5.41) is 0. The zero-order valence-electron chi connectivity index (χ0n) is 8.31. The van der Waals surface area contributed by atoms with Gasteiger partial charge in [0.2, 0.25) is 6.08 Å². The normalized spacial score (nSPS) is 10.3. The van der Waals surface area contributed by atoms with E-state index in [2.05, 4.69) is 18.2 Å². The van der Waals surface area contributed by atoms with E-state index in [1.54, 1.807) is 24.3 Å². The summed E-state index contributed by atoms with van der Waals surface area (Å²) in [6.45, 7) is 7.34. The van der Waals surface area contributed by atoms with Gasteiger partial charge in [-0.2, -0.15) is 4.99 Å². The third-order valence-electron chi connectivity index (χ3n) is 1.89. The van der Waals surface area contributed by atoms with Crippen LogP contribution in [0.2, 0.25) is 0 Å². The van der Waals surface area contributed by atoms with Crippen LogP contribution < -0.4 is 0 Å². The van der Waals surface area contributed by atoms with E-state index in [-0.39, 0.29) is 0 Å². The molecule has 2 heteroatoms. The Morgan fingerprint density at radius 3 is 2.40 bits per heavy atom. The van der Waals surface area contributed by atoms with Crippen molar-refractivity contribution in [1.29, 1.82) is 0 Å². The standard InChI is InChI=1S/C13H11NO/c1-3-5-11(4-2)12-6-8-13(9-7-12)14-10-15/h3-9H,1-2H2/b11-5+. The average Bonchev–Trinajstić information content (AvgIpc) is 2.28. The fourth-order valence-corrected chi connectivity index (χ4v) is 1.19. The van der Waals surface area contributed by atoms with Crippen LogP contribution in [0.5, 0.6) is 0 Å². The van der Waals surface area contributed by atoms with Crippen molar-refractivity contribution >= 4 is 17.3 Å². The molecule has 0 N–H and O–H groups in total. The minimum absolute atomic E-state index is 0.593. The van der Waals surface area contributed by atoms with Gasteiger partial charge in [0.1, 0.15) is 0 Å². The van der Waals surface area contributed by atoms with Crippen molar-refractivity contribution in [2.24, 2.45) is 4.99 Å². The Morgan fingerprint density at radius 1 is 1.27 bits per heavy atom. The summed E-state index contributed by atoms with van der Waals surface area (Å²) in [4.78, 5) is 13.5. The molecule has 0 unspecified atom stereocenters. The summed E-state index contributed by atoms with van der Waals surface area (Å²) < 4.78 is 0. The van der Waals surface area contributed by atoms with Crippen molar-refractivity contribution in [2.45, 2.75) is 0 Å². The zero-order chi connectivity index (χ0) is 11.1. The van der Waals surface area contributed by atoms with Crippen LogP contribution in [0, 0.1) is 0 Å². The van der Waals surface area contributed by atoms with Gasteiger partial charge >= 0.3 is 0 Å². The molecule has 1 aromatic rings. The topological polar surface area (TPSA) is 29.4 Å². The molecular weight excluding hydrogens is 186 g/mol. The Labute approximate surface area is 89.0 Å². The van der Waals surface area contributed by atoms with Crippen LogP contribution in [0.3, 0.4) is 0 Å². The Kier molecular flexibility index (Phi) is 4.02. The molecule has 0 spiro atoms. The van der Waals surface area contributed by atoms with Crippen LogP contribution in [-0.4, -0.2) is 6.08 Å². The molecular formula is C13H11NO. The van der Waals surface area contributed by atoms with E-state index < -0.39 is 0 Å². The first-order valence-electron chi connectivity index (χ1n) is 4.45. The van der Waals surface area contributed by atoms with Crippen LogP contribution in [0.1, 0.15) is 5.56 Å². The second-order valence-corrected chi connectivity index (χ2v) is 2.81. The van der Waals surface area contributed by atoms with Crippen molar-refractivity contribution in [2.75, 3.05) is 0 Å². The van der Waals surface area contributed by atoms with Crippen molar-refractivity contribution in [3.8, 4) is 0 Å². The summed E-state index contributed by atoms with van der Waals surface area (Å²) in [5.74, 6) is 0. The monoisotopic (exact) mass is 197 g/mol. The molecule has 0 atom stereocenters. The maximum atomic E-state index is 10.0. The first kappa shape index (κ1) is 10.9. The maximum Gasteiger partial charge on any atom is 0.240 e. The summed E-state index contributed by atoms with van der Waals surface area (Å²) in [6.07, 6.45) is 6.81. The Balaban J connectivity index is 3.06. The van der Waals surface area contributed by atoms with Gasteiger partial charge in [0.05, 0.1) is 5.69 Å². The van der Waals surface area contributed by atoms with Gasteiger partial charge in [0, 0.05) is 0 Å². The van der Waals surface area contributed by atoms with Gasteiger partial charge in [-0.05, 0) is 23.3 Å². The van der Waals surface area contributed by atoms with E-state index >= 15 is 0 Å². The highest BCUT2D eigenvalue weighted by Crippen LogP contribution is 2.19. The van der Waals surface area contributed by atoms with Crippen molar-refractivity contribution in [1.82, 2.24) is 0 Å². The molecule has 0 aliphatic rings.